The second-order valence-corrected chi connectivity index (χ2v) is 9.89. The monoisotopic (exact) mass is 511 g/mol. The Hall–Kier alpha value is -3.65. The standard InChI is InChI=1S/C26H37N7O4/c1-19(2)16-22(25(36)28-9-8-27)30-24(35)20-6-5-7-21(17-20)29-26(37)33-14-12-31(13-15-33)18-23(34)32-10-3-4-11-32/h5-7,17,19,22H,3-4,9-16,18H2,1-2H3,(H,28,36)(H,29,37)(H,30,35)/t22-/m0/s1. The number of likely N-dealkylation sites (tertiary alicyclic amines) is 1. The smallest absolute Gasteiger partial charge is 0.321 e. The summed E-state index contributed by atoms with van der Waals surface area (Å²) >= 11 is 0. The van der Waals surface area contributed by atoms with Crippen LogP contribution in [-0.4, -0.2) is 96.9 Å². The van der Waals surface area contributed by atoms with Gasteiger partial charge in [-0.3, -0.25) is 19.3 Å². The van der Waals surface area contributed by atoms with Gasteiger partial charge >= 0.3 is 6.03 Å². The van der Waals surface area contributed by atoms with Crippen LogP contribution in [0.1, 0.15) is 43.5 Å². The Kier molecular flexibility index (Phi) is 10.3. The van der Waals surface area contributed by atoms with Gasteiger partial charge in [0.25, 0.3) is 5.91 Å². The molecule has 0 unspecified atom stereocenters. The molecule has 2 heterocycles. The maximum Gasteiger partial charge on any atom is 0.321 e. The number of hydrogen-bond donors (Lipinski definition) is 3. The van der Waals surface area contributed by atoms with Crippen molar-refractivity contribution in [1.82, 2.24) is 25.3 Å². The second kappa shape index (κ2) is 13.6. The number of piperazine rings is 1. The molecule has 3 rings (SSSR count). The molecule has 37 heavy (non-hydrogen) atoms. The predicted octanol–water partition coefficient (Wildman–Crippen LogP) is 1.24. The highest BCUT2D eigenvalue weighted by Gasteiger charge is 2.26. The molecule has 2 aliphatic heterocycles. The van der Waals surface area contributed by atoms with Crippen LogP contribution >= 0.6 is 0 Å². The first-order valence-electron chi connectivity index (χ1n) is 12.9. The lowest BCUT2D eigenvalue weighted by Gasteiger charge is -2.35. The molecule has 0 bridgehead atoms. The highest BCUT2D eigenvalue weighted by molar-refractivity contribution is 5.99. The molecule has 200 valence electrons. The Morgan fingerprint density at radius 3 is 2.35 bits per heavy atom. The van der Waals surface area contributed by atoms with E-state index < -0.39 is 17.9 Å². The molecule has 0 aliphatic carbocycles. The van der Waals surface area contributed by atoms with Gasteiger partial charge in [0.15, 0.2) is 0 Å². The van der Waals surface area contributed by atoms with Crippen LogP contribution in [0.3, 0.4) is 0 Å². The fourth-order valence-corrected chi connectivity index (χ4v) is 4.50. The number of rotatable bonds is 9. The van der Waals surface area contributed by atoms with E-state index >= 15 is 0 Å². The highest BCUT2D eigenvalue weighted by atomic mass is 16.2. The van der Waals surface area contributed by atoms with Crippen molar-refractivity contribution >= 4 is 29.4 Å². The van der Waals surface area contributed by atoms with Crippen molar-refractivity contribution in [3.63, 3.8) is 0 Å². The molecule has 0 aromatic heterocycles. The number of nitriles is 1. The maximum absolute atomic E-state index is 12.9. The first-order chi connectivity index (χ1) is 17.8. The summed E-state index contributed by atoms with van der Waals surface area (Å²) in [4.78, 5) is 56.1. The first kappa shape index (κ1) is 27.9. The number of amides is 5. The summed E-state index contributed by atoms with van der Waals surface area (Å²) in [5.74, 6) is -0.536. The Morgan fingerprint density at radius 2 is 1.70 bits per heavy atom. The van der Waals surface area contributed by atoms with Crippen molar-refractivity contribution in [2.75, 3.05) is 57.7 Å². The minimum atomic E-state index is -0.771. The minimum Gasteiger partial charge on any atom is -0.342 e. The molecule has 5 amide bonds. The molecule has 2 aliphatic rings. The van der Waals surface area contributed by atoms with E-state index in [0.717, 1.165) is 25.9 Å². The molecule has 1 atom stereocenters. The summed E-state index contributed by atoms with van der Waals surface area (Å²) in [6, 6.07) is 7.37. The summed E-state index contributed by atoms with van der Waals surface area (Å²) in [7, 11) is 0. The molecule has 2 fully saturated rings. The molecule has 0 saturated carbocycles. The molecule has 0 spiro atoms. The largest absolute Gasteiger partial charge is 0.342 e. The van der Waals surface area contributed by atoms with Gasteiger partial charge in [0.1, 0.15) is 12.6 Å². The van der Waals surface area contributed by atoms with Crippen LogP contribution in [0.4, 0.5) is 10.5 Å². The predicted molar refractivity (Wildman–Crippen MR) is 139 cm³/mol. The zero-order chi connectivity index (χ0) is 26.8. The van der Waals surface area contributed by atoms with Gasteiger partial charge in [-0.15, -0.1) is 0 Å². The van der Waals surface area contributed by atoms with E-state index in [4.69, 9.17) is 5.26 Å². The van der Waals surface area contributed by atoms with Gasteiger partial charge in [-0.25, -0.2) is 4.79 Å². The van der Waals surface area contributed by atoms with E-state index in [1.165, 1.54) is 0 Å². The van der Waals surface area contributed by atoms with Crippen molar-refractivity contribution < 1.29 is 19.2 Å². The van der Waals surface area contributed by atoms with E-state index in [0.29, 0.717) is 50.4 Å². The molecule has 11 nitrogen and oxygen atoms in total. The quantitative estimate of drug-likeness (QED) is 0.427. The van der Waals surface area contributed by atoms with Gasteiger partial charge in [0.05, 0.1) is 12.6 Å². The van der Waals surface area contributed by atoms with Crippen molar-refractivity contribution in [3.05, 3.63) is 29.8 Å². The van der Waals surface area contributed by atoms with Crippen molar-refractivity contribution in [3.8, 4) is 6.07 Å². The number of hydrogen-bond acceptors (Lipinski definition) is 6. The summed E-state index contributed by atoms with van der Waals surface area (Å²) in [5, 5.41) is 16.8. The molecule has 0 radical (unpaired) electrons. The van der Waals surface area contributed by atoms with E-state index in [1.807, 2.05) is 24.8 Å². The molecule has 3 N–H and O–H groups in total. The SMILES string of the molecule is CC(C)C[C@H](NC(=O)c1cccc(NC(=O)N2CCN(CC(=O)N3CCCC3)CC2)c1)C(=O)NCC#N. The fourth-order valence-electron chi connectivity index (χ4n) is 4.50. The zero-order valence-electron chi connectivity index (χ0n) is 21.7. The molecular weight excluding hydrogens is 474 g/mol. The normalized spacial score (nSPS) is 16.7. The number of benzene rings is 1. The molecule has 2 saturated heterocycles. The fraction of sp³-hybridized carbons (Fsp3) is 0.577. The van der Waals surface area contributed by atoms with Crippen LogP contribution in [0.25, 0.3) is 0 Å². The lowest BCUT2D eigenvalue weighted by atomic mass is 10.0. The number of nitrogens with one attached hydrogen (secondary N) is 3. The van der Waals surface area contributed by atoms with Crippen LogP contribution < -0.4 is 16.0 Å². The number of carbonyl (C=O) groups excluding carboxylic acids is 4. The lowest BCUT2D eigenvalue weighted by molar-refractivity contribution is -0.131. The topological polar surface area (TPSA) is 138 Å². The van der Waals surface area contributed by atoms with Gasteiger partial charge in [-0.2, -0.15) is 5.26 Å². The Bertz CT molecular complexity index is 1010. The van der Waals surface area contributed by atoms with E-state index in [1.54, 1.807) is 29.2 Å². The van der Waals surface area contributed by atoms with Crippen LogP contribution in [0, 0.1) is 17.2 Å². The third-order valence-corrected chi connectivity index (χ3v) is 6.52. The molecular formula is C26H37N7O4. The number of nitrogens with zero attached hydrogens (tertiary/aromatic N) is 4. The third kappa shape index (κ3) is 8.46. The third-order valence-electron chi connectivity index (χ3n) is 6.52. The van der Waals surface area contributed by atoms with Crippen LogP contribution in [0.2, 0.25) is 0 Å². The van der Waals surface area contributed by atoms with E-state index in [-0.39, 0.29) is 24.4 Å². The summed E-state index contributed by atoms with van der Waals surface area (Å²) in [5.41, 5.74) is 0.781. The summed E-state index contributed by atoms with van der Waals surface area (Å²) in [6.45, 7) is 8.09. The lowest BCUT2D eigenvalue weighted by Crippen LogP contribution is -2.52. The van der Waals surface area contributed by atoms with Gasteiger partial charge in [0, 0.05) is 50.5 Å². The number of anilines is 1. The van der Waals surface area contributed by atoms with Crippen LogP contribution in [0.15, 0.2) is 24.3 Å². The van der Waals surface area contributed by atoms with Gasteiger partial charge in [-0.05, 0) is 43.4 Å². The maximum atomic E-state index is 12.9. The van der Waals surface area contributed by atoms with Crippen LogP contribution in [-0.2, 0) is 9.59 Å². The van der Waals surface area contributed by atoms with E-state index in [9.17, 15) is 19.2 Å². The molecule has 11 heteroatoms. The van der Waals surface area contributed by atoms with Crippen LogP contribution in [0.5, 0.6) is 0 Å². The van der Waals surface area contributed by atoms with Crippen molar-refractivity contribution in [1.29, 1.82) is 5.26 Å². The van der Waals surface area contributed by atoms with E-state index in [2.05, 4.69) is 20.9 Å². The van der Waals surface area contributed by atoms with Gasteiger partial charge in [-0.1, -0.05) is 19.9 Å². The number of carbonyl (C=O) groups is 4. The number of urea groups is 1. The summed E-state index contributed by atoms with van der Waals surface area (Å²) < 4.78 is 0. The molecule has 1 aromatic carbocycles. The first-order valence-corrected chi connectivity index (χ1v) is 12.9. The average molecular weight is 512 g/mol. The minimum absolute atomic E-state index is 0.131. The summed E-state index contributed by atoms with van der Waals surface area (Å²) in [6.07, 6.45) is 2.56. The molecule has 1 aromatic rings. The van der Waals surface area contributed by atoms with Crippen molar-refractivity contribution in [2.45, 2.75) is 39.2 Å². The Balaban J connectivity index is 1.51. The van der Waals surface area contributed by atoms with Gasteiger partial charge < -0.3 is 25.8 Å². The van der Waals surface area contributed by atoms with Gasteiger partial charge in [0.2, 0.25) is 11.8 Å². The highest BCUT2D eigenvalue weighted by Crippen LogP contribution is 2.14. The second-order valence-electron chi connectivity index (χ2n) is 9.89. The average Bonchev–Trinajstić information content (AvgIpc) is 3.42. The zero-order valence-corrected chi connectivity index (χ0v) is 21.7. The Labute approximate surface area is 218 Å². The Morgan fingerprint density at radius 1 is 1.00 bits per heavy atom. The van der Waals surface area contributed by atoms with Crippen molar-refractivity contribution in [2.24, 2.45) is 5.92 Å².